The van der Waals surface area contributed by atoms with Gasteiger partial charge in [0.05, 0.1) is 6.61 Å². The highest BCUT2D eigenvalue weighted by molar-refractivity contribution is 14.0. The molecule has 3 N–H and O–H groups in total. The van der Waals surface area contributed by atoms with Gasteiger partial charge in [-0.15, -0.1) is 24.0 Å². The van der Waals surface area contributed by atoms with Gasteiger partial charge in [-0.05, 0) is 37.0 Å². The number of nitrogens with zero attached hydrogens (tertiary/aromatic N) is 1. The van der Waals surface area contributed by atoms with Gasteiger partial charge in [-0.1, -0.05) is 23.7 Å². The molecule has 1 saturated heterocycles. The summed E-state index contributed by atoms with van der Waals surface area (Å²) in [5.41, 5.74) is 1.21. The van der Waals surface area contributed by atoms with Crippen molar-refractivity contribution in [2.75, 3.05) is 40.0 Å². The Bertz CT molecular complexity index is 522. The zero-order chi connectivity index (χ0) is 16.5. The number of hydrogen-bond donors (Lipinski definition) is 3. The van der Waals surface area contributed by atoms with Crippen molar-refractivity contribution >= 4 is 41.5 Å². The number of aliphatic imine (C=N–C) groups is 1. The second-order valence-corrected chi connectivity index (χ2v) is 6.45. The van der Waals surface area contributed by atoms with Gasteiger partial charge in [0, 0.05) is 43.8 Å². The number of ether oxygens (including phenoxy) is 1. The van der Waals surface area contributed by atoms with E-state index in [0.717, 1.165) is 49.9 Å². The maximum absolute atomic E-state index is 9.26. The summed E-state index contributed by atoms with van der Waals surface area (Å²) in [5.74, 6) is 0.774. The van der Waals surface area contributed by atoms with Crippen LogP contribution in [0.3, 0.4) is 0 Å². The van der Waals surface area contributed by atoms with Crippen molar-refractivity contribution in [1.82, 2.24) is 10.6 Å². The molecule has 1 atom stereocenters. The summed E-state index contributed by atoms with van der Waals surface area (Å²) in [4.78, 5) is 4.25. The molecule has 0 aromatic heterocycles. The van der Waals surface area contributed by atoms with Gasteiger partial charge in [0.1, 0.15) is 0 Å². The molecule has 1 aromatic rings. The molecule has 5 nitrogen and oxygen atoms in total. The van der Waals surface area contributed by atoms with Crippen LogP contribution in [0.15, 0.2) is 29.3 Å². The first-order valence-corrected chi connectivity index (χ1v) is 8.43. The van der Waals surface area contributed by atoms with Crippen LogP contribution in [0.25, 0.3) is 0 Å². The number of hydrogen-bond acceptors (Lipinski definition) is 3. The molecule has 0 amide bonds. The smallest absolute Gasteiger partial charge is 0.191 e. The van der Waals surface area contributed by atoms with Crippen molar-refractivity contribution in [3.05, 3.63) is 34.9 Å². The van der Waals surface area contributed by atoms with Crippen LogP contribution >= 0.6 is 35.6 Å². The number of halogens is 2. The number of aliphatic hydroxyl groups excluding tert-OH is 1. The summed E-state index contributed by atoms with van der Waals surface area (Å²) in [6.45, 7) is 3.18. The predicted molar refractivity (Wildman–Crippen MR) is 110 cm³/mol. The average molecular weight is 468 g/mol. The number of guanidine groups is 1. The van der Waals surface area contributed by atoms with Gasteiger partial charge in [0.15, 0.2) is 5.96 Å². The molecule has 0 spiro atoms. The Labute approximate surface area is 166 Å². The third-order valence-electron chi connectivity index (χ3n) is 4.28. The molecule has 1 aliphatic heterocycles. The lowest BCUT2D eigenvalue weighted by Crippen LogP contribution is -2.45. The van der Waals surface area contributed by atoms with E-state index in [4.69, 9.17) is 16.3 Å². The van der Waals surface area contributed by atoms with Crippen LogP contribution in [0.4, 0.5) is 0 Å². The molecule has 0 aliphatic carbocycles. The number of benzene rings is 1. The van der Waals surface area contributed by atoms with Crippen LogP contribution < -0.4 is 10.6 Å². The summed E-state index contributed by atoms with van der Waals surface area (Å²) in [7, 11) is 1.76. The molecule has 136 valence electrons. The third-order valence-corrected chi connectivity index (χ3v) is 4.51. The van der Waals surface area contributed by atoms with Crippen LogP contribution in [0.2, 0.25) is 5.02 Å². The zero-order valence-electron chi connectivity index (χ0n) is 14.1. The summed E-state index contributed by atoms with van der Waals surface area (Å²) in [6, 6.07) is 7.88. The quantitative estimate of drug-likeness (QED) is 0.327. The van der Waals surface area contributed by atoms with Crippen molar-refractivity contribution in [1.29, 1.82) is 0 Å². The van der Waals surface area contributed by atoms with Crippen molar-refractivity contribution in [2.45, 2.75) is 19.3 Å². The lowest BCUT2D eigenvalue weighted by Gasteiger charge is -2.27. The SMILES string of the molecule is CN=C(NCCc1cccc(Cl)c1)NCC1(CCO)CCOC1.I. The Morgan fingerprint density at radius 3 is 2.88 bits per heavy atom. The Kier molecular flexibility index (Phi) is 9.95. The van der Waals surface area contributed by atoms with E-state index in [1.807, 2.05) is 18.2 Å². The fraction of sp³-hybridized carbons (Fsp3) is 0.588. The van der Waals surface area contributed by atoms with Gasteiger partial charge in [0.25, 0.3) is 0 Å². The van der Waals surface area contributed by atoms with E-state index < -0.39 is 0 Å². The maximum atomic E-state index is 9.26. The fourth-order valence-corrected chi connectivity index (χ4v) is 3.03. The standard InChI is InChI=1S/C17H26ClN3O2.HI/c1-19-16(20-8-5-14-3-2-4-15(18)11-14)21-12-17(6-9-22)7-10-23-13-17;/h2-4,11,22H,5-10,12-13H2,1H3,(H2,19,20,21);1H. The van der Waals surface area contributed by atoms with E-state index in [-0.39, 0.29) is 36.0 Å². The molecule has 1 heterocycles. The molecule has 2 rings (SSSR count). The van der Waals surface area contributed by atoms with Crippen molar-refractivity contribution in [3.63, 3.8) is 0 Å². The fourth-order valence-electron chi connectivity index (χ4n) is 2.82. The Morgan fingerprint density at radius 1 is 1.42 bits per heavy atom. The van der Waals surface area contributed by atoms with Gasteiger partial charge in [-0.3, -0.25) is 4.99 Å². The van der Waals surface area contributed by atoms with Crippen LogP contribution in [-0.2, 0) is 11.2 Å². The highest BCUT2D eigenvalue weighted by Gasteiger charge is 2.34. The number of aliphatic hydroxyl groups is 1. The van der Waals surface area contributed by atoms with Gasteiger partial charge in [-0.2, -0.15) is 0 Å². The van der Waals surface area contributed by atoms with E-state index in [9.17, 15) is 5.11 Å². The zero-order valence-corrected chi connectivity index (χ0v) is 17.1. The highest BCUT2D eigenvalue weighted by Crippen LogP contribution is 2.31. The van der Waals surface area contributed by atoms with Crippen LogP contribution in [0.1, 0.15) is 18.4 Å². The molecule has 1 aromatic carbocycles. The van der Waals surface area contributed by atoms with E-state index >= 15 is 0 Å². The monoisotopic (exact) mass is 467 g/mol. The van der Waals surface area contributed by atoms with Crippen molar-refractivity contribution in [2.24, 2.45) is 10.4 Å². The maximum Gasteiger partial charge on any atom is 0.191 e. The van der Waals surface area contributed by atoms with Gasteiger partial charge < -0.3 is 20.5 Å². The first-order valence-electron chi connectivity index (χ1n) is 8.05. The van der Waals surface area contributed by atoms with Crippen LogP contribution in [0, 0.1) is 5.41 Å². The molecular formula is C17H27ClIN3O2. The lowest BCUT2D eigenvalue weighted by molar-refractivity contribution is 0.127. The van der Waals surface area contributed by atoms with Gasteiger partial charge >= 0.3 is 0 Å². The van der Waals surface area contributed by atoms with Crippen molar-refractivity contribution < 1.29 is 9.84 Å². The third kappa shape index (κ3) is 6.74. The molecule has 1 unspecified atom stereocenters. The molecule has 0 saturated carbocycles. The second kappa shape index (κ2) is 11.1. The minimum atomic E-state index is 0. The molecular weight excluding hydrogens is 441 g/mol. The predicted octanol–water partition coefficient (Wildman–Crippen LogP) is 2.45. The average Bonchev–Trinajstić information content (AvgIpc) is 3.00. The normalized spacial score (nSPS) is 20.5. The largest absolute Gasteiger partial charge is 0.396 e. The van der Waals surface area contributed by atoms with E-state index in [1.165, 1.54) is 5.56 Å². The Hall–Kier alpha value is -0.570. The summed E-state index contributed by atoms with van der Waals surface area (Å²) in [5, 5.41) is 16.7. The summed E-state index contributed by atoms with van der Waals surface area (Å²) < 4.78 is 5.51. The molecule has 1 aliphatic rings. The first kappa shape index (κ1) is 21.5. The molecule has 24 heavy (non-hydrogen) atoms. The van der Waals surface area contributed by atoms with E-state index in [1.54, 1.807) is 7.05 Å². The van der Waals surface area contributed by atoms with Gasteiger partial charge in [-0.25, -0.2) is 0 Å². The van der Waals surface area contributed by atoms with E-state index in [2.05, 4.69) is 21.7 Å². The lowest BCUT2D eigenvalue weighted by atomic mass is 9.84. The molecule has 0 bridgehead atoms. The van der Waals surface area contributed by atoms with Gasteiger partial charge in [0.2, 0.25) is 0 Å². The molecule has 7 heteroatoms. The summed E-state index contributed by atoms with van der Waals surface area (Å²) >= 11 is 5.99. The number of rotatable bonds is 7. The Morgan fingerprint density at radius 2 is 2.25 bits per heavy atom. The minimum absolute atomic E-state index is 0. The van der Waals surface area contributed by atoms with Crippen molar-refractivity contribution in [3.8, 4) is 0 Å². The van der Waals surface area contributed by atoms with Crippen LogP contribution in [-0.4, -0.2) is 51.0 Å². The minimum Gasteiger partial charge on any atom is -0.396 e. The molecule has 1 fully saturated rings. The summed E-state index contributed by atoms with van der Waals surface area (Å²) in [6.07, 6.45) is 2.60. The van der Waals surface area contributed by atoms with Crippen LogP contribution in [0.5, 0.6) is 0 Å². The van der Waals surface area contributed by atoms with E-state index in [0.29, 0.717) is 6.61 Å². The highest BCUT2D eigenvalue weighted by atomic mass is 127. The molecule has 0 radical (unpaired) electrons. The topological polar surface area (TPSA) is 65.9 Å². The Balaban J connectivity index is 0.00000288. The second-order valence-electron chi connectivity index (χ2n) is 6.01. The first-order chi connectivity index (χ1) is 11.2. The number of nitrogens with one attached hydrogen (secondary N) is 2.